The maximum absolute atomic E-state index is 5.93. The van der Waals surface area contributed by atoms with E-state index in [2.05, 4.69) is 35.1 Å². The summed E-state index contributed by atoms with van der Waals surface area (Å²) in [5, 5.41) is 4.19. The van der Waals surface area contributed by atoms with Gasteiger partial charge in [0.1, 0.15) is 6.61 Å². The van der Waals surface area contributed by atoms with Crippen LogP contribution in [0.15, 0.2) is 40.9 Å². The summed E-state index contributed by atoms with van der Waals surface area (Å²) in [5.41, 5.74) is 2.21. The van der Waals surface area contributed by atoms with E-state index in [0.29, 0.717) is 12.5 Å². The first kappa shape index (κ1) is 20.1. The van der Waals surface area contributed by atoms with E-state index >= 15 is 0 Å². The smallest absolute Gasteiger partial charge is 0.162 e. The molecule has 1 N–H and O–H groups in total. The van der Waals surface area contributed by atoms with Crippen molar-refractivity contribution < 1.29 is 9.47 Å². The predicted molar refractivity (Wildman–Crippen MR) is 108 cm³/mol. The van der Waals surface area contributed by atoms with E-state index in [-0.39, 0.29) is 0 Å². The second-order valence-corrected chi connectivity index (χ2v) is 7.66. The molecule has 0 aliphatic rings. The van der Waals surface area contributed by atoms with Gasteiger partial charge < -0.3 is 14.8 Å². The fourth-order valence-corrected chi connectivity index (χ4v) is 2.93. The zero-order chi connectivity index (χ0) is 18.2. The molecule has 0 bridgehead atoms. The maximum Gasteiger partial charge on any atom is 0.162 e. The maximum atomic E-state index is 5.93. The molecule has 3 nitrogen and oxygen atoms in total. The SMILES string of the molecule is COc1cc(CNCCC(C)C)c(Br)cc1OCc1ccc(Cl)cc1. The van der Waals surface area contributed by atoms with Gasteiger partial charge in [0.05, 0.1) is 7.11 Å². The molecule has 136 valence electrons. The molecule has 2 aromatic rings. The van der Waals surface area contributed by atoms with Crippen LogP contribution in [0.2, 0.25) is 5.02 Å². The molecule has 0 unspecified atom stereocenters. The van der Waals surface area contributed by atoms with Gasteiger partial charge in [-0.3, -0.25) is 0 Å². The Morgan fingerprint density at radius 3 is 2.48 bits per heavy atom. The summed E-state index contributed by atoms with van der Waals surface area (Å²) in [5.74, 6) is 2.15. The number of halogens is 2. The lowest BCUT2D eigenvalue weighted by atomic mass is 10.1. The van der Waals surface area contributed by atoms with Crippen LogP contribution in [0, 0.1) is 5.92 Å². The molecule has 0 heterocycles. The molecule has 0 aliphatic heterocycles. The van der Waals surface area contributed by atoms with E-state index < -0.39 is 0 Å². The molecule has 0 saturated heterocycles. The van der Waals surface area contributed by atoms with Gasteiger partial charge in [0.2, 0.25) is 0 Å². The molecule has 0 aliphatic carbocycles. The fraction of sp³-hybridized carbons (Fsp3) is 0.400. The van der Waals surface area contributed by atoms with Crippen molar-refractivity contribution in [1.29, 1.82) is 0 Å². The molecule has 0 fully saturated rings. The molecule has 0 amide bonds. The number of rotatable bonds is 9. The van der Waals surface area contributed by atoms with Gasteiger partial charge in [0, 0.05) is 16.0 Å². The summed E-state index contributed by atoms with van der Waals surface area (Å²) >= 11 is 9.55. The van der Waals surface area contributed by atoms with E-state index in [9.17, 15) is 0 Å². The Balaban J connectivity index is 2.01. The Bertz CT molecular complexity index is 674. The van der Waals surface area contributed by atoms with Crippen molar-refractivity contribution in [3.05, 3.63) is 57.0 Å². The molecule has 25 heavy (non-hydrogen) atoms. The monoisotopic (exact) mass is 425 g/mol. The summed E-state index contributed by atoms with van der Waals surface area (Å²) < 4.78 is 12.4. The highest BCUT2D eigenvalue weighted by Crippen LogP contribution is 2.34. The lowest BCUT2D eigenvalue weighted by Gasteiger charge is -2.15. The zero-order valence-electron chi connectivity index (χ0n) is 14.9. The van der Waals surface area contributed by atoms with Crippen molar-refractivity contribution in [3.63, 3.8) is 0 Å². The lowest BCUT2D eigenvalue weighted by molar-refractivity contribution is 0.284. The van der Waals surface area contributed by atoms with Crippen LogP contribution in [0.4, 0.5) is 0 Å². The number of nitrogens with one attached hydrogen (secondary N) is 1. The lowest BCUT2D eigenvalue weighted by Crippen LogP contribution is -2.16. The third kappa shape index (κ3) is 6.53. The summed E-state index contributed by atoms with van der Waals surface area (Å²) in [6, 6.07) is 11.6. The van der Waals surface area contributed by atoms with Crippen molar-refractivity contribution in [2.45, 2.75) is 33.4 Å². The van der Waals surface area contributed by atoms with Crippen LogP contribution in [0.3, 0.4) is 0 Å². The second-order valence-electron chi connectivity index (χ2n) is 6.37. The number of hydrogen-bond acceptors (Lipinski definition) is 3. The highest BCUT2D eigenvalue weighted by Gasteiger charge is 2.11. The molecule has 5 heteroatoms. The van der Waals surface area contributed by atoms with E-state index in [0.717, 1.165) is 51.6 Å². The van der Waals surface area contributed by atoms with Crippen molar-refractivity contribution in [1.82, 2.24) is 5.32 Å². The van der Waals surface area contributed by atoms with Crippen molar-refractivity contribution >= 4 is 27.5 Å². The third-order valence-corrected chi connectivity index (χ3v) is 4.84. The highest BCUT2D eigenvalue weighted by atomic mass is 79.9. The second kappa shape index (κ2) is 10.0. The Hall–Kier alpha value is -1.23. The number of hydrogen-bond donors (Lipinski definition) is 1. The molecule has 0 radical (unpaired) electrons. The van der Waals surface area contributed by atoms with Crippen LogP contribution in [0.5, 0.6) is 11.5 Å². The predicted octanol–water partition coefficient (Wildman–Crippen LogP) is 5.83. The van der Waals surface area contributed by atoms with Gasteiger partial charge >= 0.3 is 0 Å². The summed E-state index contributed by atoms with van der Waals surface area (Å²) in [4.78, 5) is 0. The Morgan fingerprint density at radius 1 is 1.12 bits per heavy atom. The van der Waals surface area contributed by atoms with Gasteiger partial charge in [-0.1, -0.05) is 53.5 Å². The minimum absolute atomic E-state index is 0.464. The average molecular weight is 427 g/mol. The first-order chi connectivity index (χ1) is 12.0. The minimum Gasteiger partial charge on any atom is -0.493 e. The van der Waals surface area contributed by atoms with Crippen LogP contribution < -0.4 is 14.8 Å². The molecular formula is C20H25BrClNO2. The van der Waals surface area contributed by atoms with E-state index in [1.54, 1.807) is 7.11 Å². The van der Waals surface area contributed by atoms with Gasteiger partial charge in [0.25, 0.3) is 0 Å². The van der Waals surface area contributed by atoms with E-state index in [1.165, 1.54) is 0 Å². The topological polar surface area (TPSA) is 30.5 Å². The van der Waals surface area contributed by atoms with E-state index in [4.69, 9.17) is 21.1 Å². The number of benzene rings is 2. The Morgan fingerprint density at radius 2 is 1.84 bits per heavy atom. The average Bonchev–Trinajstić information content (AvgIpc) is 2.59. The molecule has 2 aromatic carbocycles. The summed E-state index contributed by atoms with van der Waals surface area (Å²) in [6.45, 7) is 6.72. The van der Waals surface area contributed by atoms with Gasteiger partial charge in [-0.2, -0.15) is 0 Å². The molecule has 0 spiro atoms. The standard InChI is InChI=1S/C20H25BrClNO2/c1-14(2)8-9-23-12-16-10-19(24-3)20(11-18(16)21)25-13-15-4-6-17(22)7-5-15/h4-7,10-11,14,23H,8-9,12-13H2,1-3H3. The van der Waals surface area contributed by atoms with Gasteiger partial charge in [-0.25, -0.2) is 0 Å². The van der Waals surface area contributed by atoms with E-state index in [1.807, 2.05) is 36.4 Å². The molecule has 0 aromatic heterocycles. The fourth-order valence-electron chi connectivity index (χ4n) is 2.34. The van der Waals surface area contributed by atoms with Crippen LogP contribution in [-0.4, -0.2) is 13.7 Å². The van der Waals surface area contributed by atoms with Crippen molar-refractivity contribution in [2.75, 3.05) is 13.7 Å². The van der Waals surface area contributed by atoms with Gasteiger partial charge in [-0.05, 0) is 54.3 Å². The normalized spacial score (nSPS) is 11.0. The van der Waals surface area contributed by atoms with Crippen molar-refractivity contribution in [3.8, 4) is 11.5 Å². The molecule has 0 saturated carbocycles. The first-order valence-electron chi connectivity index (χ1n) is 8.44. The van der Waals surface area contributed by atoms with Crippen LogP contribution in [-0.2, 0) is 13.2 Å². The van der Waals surface area contributed by atoms with Crippen LogP contribution >= 0.6 is 27.5 Å². The van der Waals surface area contributed by atoms with Crippen LogP contribution in [0.25, 0.3) is 0 Å². The zero-order valence-corrected chi connectivity index (χ0v) is 17.3. The number of ether oxygens (including phenoxy) is 2. The minimum atomic E-state index is 0.464. The number of methoxy groups -OCH3 is 1. The third-order valence-electron chi connectivity index (χ3n) is 3.85. The quantitative estimate of drug-likeness (QED) is 0.512. The summed E-state index contributed by atoms with van der Waals surface area (Å²) in [6.07, 6.45) is 1.16. The Labute approximate surface area is 163 Å². The van der Waals surface area contributed by atoms with Gasteiger partial charge in [-0.15, -0.1) is 0 Å². The Kier molecular flexibility index (Phi) is 8.07. The van der Waals surface area contributed by atoms with Gasteiger partial charge in [0.15, 0.2) is 11.5 Å². The largest absolute Gasteiger partial charge is 0.493 e. The molecule has 0 atom stereocenters. The summed E-state index contributed by atoms with van der Waals surface area (Å²) in [7, 11) is 1.66. The molecular weight excluding hydrogens is 402 g/mol. The highest BCUT2D eigenvalue weighted by molar-refractivity contribution is 9.10. The van der Waals surface area contributed by atoms with Crippen LogP contribution in [0.1, 0.15) is 31.4 Å². The molecule has 2 rings (SSSR count). The van der Waals surface area contributed by atoms with Crippen molar-refractivity contribution in [2.24, 2.45) is 5.92 Å². The first-order valence-corrected chi connectivity index (χ1v) is 9.61.